The lowest BCUT2D eigenvalue weighted by molar-refractivity contribution is -0.129. The van der Waals surface area contributed by atoms with Gasteiger partial charge in [-0.15, -0.1) is 0 Å². The van der Waals surface area contributed by atoms with Crippen LogP contribution in [0.25, 0.3) is 0 Å². The number of hydrogen-bond acceptors (Lipinski definition) is 5. The van der Waals surface area contributed by atoms with Crippen molar-refractivity contribution in [1.29, 1.82) is 5.26 Å². The van der Waals surface area contributed by atoms with Gasteiger partial charge in [-0.2, -0.15) is 5.26 Å². The third-order valence-electron chi connectivity index (χ3n) is 2.85. The van der Waals surface area contributed by atoms with Gasteiger partial charge in [0.2, 0.25) is 0 Å². The monoisotopic (exact) mass is 319 g/mol. The van der Waals surface area contributed by atoms with Gasteiger partial charge < -0.3 is 15.2 Å². The second kappa shape index (κ2) is 7.49. The van der Waals surface area contributed by atoms with Crippen molar-refractivity contribution in [2.75, 3.05) is 7.05 Å². The molecule has 1 unspecified atom stereocenters. The average Bonchev–Trinajstić information content (AvgIpc) is 2.45. The van der Waals surface area contributed by atoms with Gasteiger partial charge >= 0.3 is 6.09 Å². The normalized spacial score (nSPS) is 12.0. The van der Waals surface area contributed by atoms with Gasteiger partial charge in [-0.05, 0) is 38.5 Å². The number of nitriles is 1. The van der Waals surface area contributed by atoms with E-state index in [4.69, 9.17) is 10.00 Å². The van der Waals surface area contributed by atoms with E-state index < -0.39 is 23.6 Å². The van der Waals surface area contributed by atoms with E-state index >= 15 is 0 Å². The van der Waals surface area contributed by atoms with Crippen LogP contribution in [0.1, 0.15) is 26.3 Å². The maximum atomic E-state index is 12.2. The zero-order chi connectivity index (χ0) is 17.6. The van der Waals surface area contributed by atoms with Crippen LogP contribution in [-0.2, 0) is 16.0 Å². The molecule has 0 aliphatic rings. The molecule has 0 saturated carbocycles. The molecule has 1 aromatic carbocycles. The number of rotatable bonds is 4. The van der Waals surface area contributed by atoms with Gasteiger partial charge in [0.15, 0.2) is 6.19 Å². The van der Waals surface area contributed by atoms with Crippen molar-refractivity contribution in [2.45, 2.75) is 38.8 Å². The van der Waals surface area contributed by atoms with Crippen molar-refractivity contribution in [3.8, 4) is 11.9 Å². The topological polar surface area (TPSA) is 103 Å². The van der Waals surface area contributed by atoms with Crippen LogP contribution in [-0.4, -0.2) is 40.7 Å². The fourth-order valence-electron chi connectivity index (χ4n) is 1.80. The summed E-state index contributed by atoms with van der Waals surface area (Å²) in [6, 6.07) is 5.30. The summed E-state index contributed by atoms with van der Waals surface area (Å²) in [4.78, 5) is 25.0. The Morgan fingerprint density at radius 1 is 1.35 bits per heavy atom. The van der Waals surface area contributed by atoms with Crippen LogP contribution in [0.5, 0.6) is 5.75 Å². The molecule has 0 aliphatic heterocycles. The van der Waals surface area contributed by atoms with Gasteiger partial charge in [0.05, 0.1) is 0 Å². The minimum absolute atomic E-state index is 0.103. The smallest absolute Gasteiger partial charge is 0.408 e. The highest BCUT2D eigenvalue weighted by molar-refractivity contribution is 5.86. The molecule has 0 spiro atoms. The molecule has 0 fully saturated rings. The zero-order valence-corrected chi connectivity index (χ0v) is 13.7. The Labute approximate surface area is 135 Å². The molecule has 1 aromatic rings. The molecule has 1 atom stereocenters. The molecule has 124 valence electrons. The molecule has 2 amide bonds. The van der Waals surface area contributed by atoms with E-state index in [2.05, 4.69) is 5.32 Å². The highest BCUT2D eigenvalue weighted by atomic mass is 16.6. The highest BCUT2D eigenvalue weighted by Crippen LogP contribution is 2.13. The predicted octanol–water partition coefficient (Wildman–Crippen LogP) is 1.77. The summed E-state index contributed by atoms with van der Waals surface area (Å²) in [5.74, 6) is -0.447. The molecule has 1 rings (SSSR count). The first-order valence-corrected chi connectivity index (χ1v) is 7.07. The quantitative estimate of drug-likeness (QED) is 0.650. The third kappa shape index (κ3) is 6.26. The number of aromatic hydroxyl groups is 1. The molecule has 0 radical (unpaired) electrons. The summed E-state index contributed by atoms with van der Waals surface area (Å²) in [6.07, 6.45) is 1.15. The second-order valence-electron chi connectivity index (χ2n) is 6.07. The minimum atomic E-state index is -0.945. The lowest BCUT2D eigenvalue weighted by Gasteiger charge is -2.24. The first-order chi connectivity index (χ1) is 10.6. The summed E-state index contributed by atoms with van der Waals surface area (Å²) < 4.78 is 5.14. The number of likely N-dealkylation sites (N-methyl/N-ethyl adjacent to an activating group) is 1. The molecule has 0 saturated heterocycles. The second-order valence-corrected chi connectivity index (χ2v) is 6.07. The number of ether oxygens (including phenoxy) is 1. The lowest BCUT2D eigenvalue weighted by Crippen LogP contribution is -2.48. The average molecular weight is 319 g/mol. The molecule has 7 heteroatoms. The number of carbonyl (C=O) groups excluding carboxylic acids is 2. The van der Waals surface area contributed by atoms with Gasteiger partial charge in [-0.3, -0.25) is 9.69 Å². The Hall–Kier alpha value is -2.75. The molecule has 0 heterocycles. The Balaban J connectivity index is 2.89. The number of amides is 2. The number of alkyl carbamates (subject to hydrolysis) is 1. The van der Waals surface area contributed by atoms with E-state index in [0.717, 1.165) is 10.5 Å². The number of carbonyl (C=O) groups is 2. The number of phenolic OH excluding ortho intramolecular Hbond substituents is 1. The summed E-state index contributed by atoms with van der Waals surface area (Å²) in [5, 5.41) is 20.6. The highest BCUT2D eigenvalue weighted by Gasteiger charge is 2.27. The Kier molecular flexibility index (Phi) is 5.96. The summed E-state index contributed by atoms with van der Waals surface area (Å²) in [6.45, 7) is 5.14. The maximum Gasteiger partial charge on any atom is 0.408 e. The minimum Gasteiger partial charge on any atom is -0.508 e. The first kappa shape index (κ1) is 18.3. The van der Waals surface area contributed by atoms with Gasteiger partial charge in [0, 0.05) is 13.5 Å². The number of hydrogen-bond donors (Lipinski definition) is 2. The molecule has 0 aliphatic carbocycles. The van der Waals surface area contributed by atoms with Crippen molar-refractivity contribution >= 4 is 12.0 Å². The van der Waals surface area contributed by atoms with E-state index in [9.17, 15) is 14.7 Å². The van der Waals surface area contributed by atoms with Crippen LogP contribution in [0.3, 0.4) is 0 Å². The van der Waals surface area contributed by atoms with Gasteiger partial charge in [-0.25, -0.2) is 4.79 Å². The van der Waals surface area contributed by atoms with Gasteiger partial charge in [0.1, 0.15) is 17.4 Å². The molecular formula is C16H21N3O4. The van der Waals surface area contributed by atoms with Crippen molar-refractivity contribution in [1.82, 2.24) is 10.2 Å². The predicted molar refractivity (Wildman–Crippen MR) is 83.4 cm³/mol. The summed E-state index contributed by atoms with van der Waals surface area (Å²) in [5.41, 5.74) is 0.0284. The third-order valence-corrected chi connectivity index (χ3v) is 2.85. The lowest BCUT2D eigenvalue weighted by atomic mass is 10.0. The molecule has 7 nitrogen and oxygen atoms in total. The number of nitrogens with one attached hydrogen (secondary N) is 1. The van der Waals surface area contributed by atoms with Crippen LogP contribution in [0, 0.1) is 11.5 Å². The SMILES string of the molecule is CN(C#N)C(=O)C(Cc1ccc(O)cc1)NC(=O)OC(C)(C)C. The van der Waals surface area contributed by atoms with Crippen molar-refractivity contribution in [3.05, 3.63) is 29.8 Å². The molecule has 0 aromatic heterocycles. The summed E-state index contributed by atoms with van der Waals surface area (Å²) >= 11 is 0. The van der Waals surface area contributed by atoms with E-state index in [1.807, 2.05) is 0 Å². The summed E-state index contributed by atoms with van der Waals surface area (Å²) in [7, 11) is 1.32. The van der Waals surface area contributed by atoms with E-state index in [0.29, 0.717) is 0 Å². The number of benzene rings is 1. The van der Waals surface area contributed by atoms with Gasteiger partial charge in [0.25, 0.3) is 5.91 Å². The maximum absolute atomic E-state index is 12.2. The number of nitrogens with zero attached hydrogens (tertiary/aromatic N) is 2. The van der Waals surface area contributed by atoms with Crippen molar-refractivity contribution in [2.24, 2.45) is 0 Å². The fraction of sp³-hybridized carbons (Fsp3) is 0.438. The zero-order valence-electron chi connectivity index (χ0n) is 13.7. The van der Waals surface area contributed by atoms with Crippen LogP contribution < -0.4 is 5.32 Å². The molecule has 0 bridgehead atoms. The van der Waals surface area contributed by atoms with Crippen LogP contribution in [0.4, 0.5) is 4.79 Å². The molecular weight excluding hydrogens is 298 g/mol. The first-order valence-electron chi connectivity index (χ1n) is 7.07. The van der Waals surface area contributed by atoms with Crippen LogP contribution in [0.15, 0.2) is 24.3 Å². The Morgan fingerprint density at radius 3 is 2.39 bits per heavy atom. The van der Waals surface area contributed by atoms with E-state index in [1.54, 1.807) is 39.1 Å². The van der Waals surface area contributed by atoms with E-state index in [-0.39, 0.29) is 12.2 Å². The van der Waals surface area contributed by atoms with E-state index in [1.165, 1.54) is 19.2 Å². The number of phenols is 1. The molecule has 23 heavy (non-hydrogen) atoms. The largest absolute Gasteiger partial charge is 0.508 e. The molecule has 2 N–H and O–H groups in total. The Bertz CT molecular complexity index is 599. The Morgan fingerprint density at radius 2 is 1.91 bits per heavy atom. The fourth-order valence-corrected chi connectivity index (χ4v) is 1.80. The van der Waals surface area contributed by atoms with Crippen molar-refractivity contribution < 1.29 is 19.4 Å². The van der Waals surface area contributed by atoms with Crippen LogP contribution >= 0.6 is 0 Å². The van der Waals surface area contributed by atoms with Gasteiger partial charge in [-0.1, -0.05) is 12.1 Å². The standard InChI is InChI=1S/C16H21N3O4/c1-16(2,3)23-15(22)18-13(14(21)19(4)10-17)9-11-5-7-12(20)8-6-11/h5-8,13,20H,9H2,1-4H3,(H,18,22). The van der Waals surface area contributed by atoms with Crippen LogP contribution in [0.2, 0.25) is 0 Å². The van der Waals surface area contributed by atoms with Crippen molar-refractivity contribution in [3.63, 3.8) is 0 Å².